The fraction of sp³-hybridized carbons (Fsp3) is 0.375. The van der Waals surface area contributed by atoms with Crippen LogP contribution in [0.1, 0.15) is 18.7 Å². The lowest BCUT2D eigenvalue weighted by atomic mass is 10.1. The number of carbonyl (C=O) groups is 1. The Labute approximate surface area is 144 Å². The molecule has 10 heteroatoms. The number of amides is 1. The molecule has 0 bridgehead atoms. The second-order valence-electron chi connectivity index (χ2n) is 6.08. The summed E-state index contributed by atoms with van der Waals surface area (Å²) in [6.45, 7) is 1.28. The van der Waals surface area contributed by atoms with E-state index in [1.807, 2.05) is 0 Å². The normalized spacial score (nSPS) is 18.6. The first-order valence-corrected chi connectivity index (χ1v) is 7.64. The number of benzene rings is 1. The number of hydrogen-bond acceptors (Lipinski definition) is 3. The molecular formula is C16H14F5N3O2. The highest BCUT2D eigenvalue weighted by molar-refractivity contribution is 5.81. The zero-order valence-corrected chi connectivity index (χ0v) is 13.5. The number of aromatic nitrogens is 2. The predicted molar refractivity (Wildman–Crippen MR) is 79.8 cm³/mol. The van der Waals surface area contributed by atoms with Crippen LogP contribution in [-0.2, 0) is 11.3 Å². The van der Waals surface area contributed by atoms with Crippen molar-refractivity contribution in [3.8, 4) is 11.4 Å². The molecular weight excluding hydrogens is 361 g/mol. The number of hydrogen-bond donors (Lipinski definition) is 1. The van der Waals surface area contributed by atoms with E-state index in [9.17, 15) is 26.7 Å². The van der Waals surface area contributed by atoms with Gasteiger partial charge in [-0.2, -0.15) is 13.2 Å². The number of carbonyl (C=O) groups excluding carboxylic acids is 1. The largest absolute Gasteiger partial charge is 0.423 e. The molecule has 26 heavy (non-hydrogen) atoms. The lowest BCUT2D eigenvalue weighted by molar-refractivity contribution is -0.211. The molecule has 0 aliphatic carbocycles. The summed E-state index contributed by atoms with van der Waals surface area (Å²) in [5.41, 5.74) is 0.421. The summed E-state index contributed by atoms with van der Waals surface area (Å²) >= 11 is 0. The van der Waals surface area contributed by atoms with Gasteiger partial charge < -0.3 is 14.6 Å². The molecule has 1 aromatic heterocycles. The number of aliphatic hydroxyl groups excluding tert-OH is 1. The van der Waals surface area contributed by atoms with Gasteiger partial charge in [-0.05, 0) is 19.1 Å². The number of rotatable bonds is 2. The maximum Gasteiger partial charge on any atom is 0.423 e. The minimum absolute atomic E-state index is 0.0413. The van der Waals surface area contributed by atoms with Crippen molar-refractivity contribution in [2.24, 2.45) is 0 Å². The number of halogens is 5. The van der Waals surface area contributed by atoms with E-state index in [4.69, 9.17) is 5.11 Å². The summed E-state index contributed by atoms with van der Waals surface area (Å²) in [5, 5.41) is 9.16. The van der Waals surface area contributed by atoms with Crippen LogP contribution in [0.2, 0.25) is 0 Å². The SMILES string of the molecule is CC1CN(C(=O)C(O)C(F)(F)F)Cc2cnc(-c3ccc(F)cc3F)n21. The third-order valence-electron chi connectivity index (χ3n) is 4.18. The van der Waals surface area contributed by atoms with E-state index in [-0.39, 0.29) is 24.5 Å². The van der Waals surface area contributed by atoms with Gasteiger partial charge in [0.2, 0.25) is 6.10 Å². The predicted octanol–water partition coefficient (Wildman–Crippen LogP) is 2.65. The van der Waals surface area contributed by atoms with E-state index in [0.717, 1.165) is 11.0 Å². The summed E-state index contributed by atoms with van der Waals surface area (Å²) in [6.07, 6.45) is -6.84. The van der Waals surface area contributed by atoms with Crippen molar-refractivity contribution in [3.05, 3.63) is 41.7 Å². The molecule has 5 nitrogen and oxygen atoms in total. The maximum absolute atomic E-state index is 14.0. The number of alkyl halides is 3. The molecule has 0 saturated heterocycles. The molecule has 2 aromatic rings. The van der Waals surface area contributed by atoms with E-state index < -0.39 is 35.9 Å². The quantitative estimate of drug-likeness (QED) is 0.822. The second-order valence-corrected chi connectivity index (χ2v) is 6.08. The molecule has 1 aliphatic rings. The van der Waals surface area contributed by atoms with Gasteiger partial charge in [-0.15, -0.1) is 0 Å². The van der Waals surface area contributed by atoms with Crippen LogP contribution in [0.4, 0.5) is 22.0 Å². The topological polar surface area (TPSA) is 58.4 Å². The standard InChI is InChI=1S/C16H14F5N3O2/c1-8-6-23(15(26)13(25)16(19,20)21)7-10-5-22-14(24(8)10)11-3-2-9(17)4-12(11)18/h2-5,8,13,25H,6-7H2,1H3. The molecule has 1 aliphatic heterocycles. The zero-order chi connectivity index (χ0) is 19.2. The van der Waals surface area contributed by atoms with E-state index in [2.05, 4.69) is 4.98 Å². The van der Waals surface area contributed by atoms with Crippen molar-refractivity contribution in [3.63, 3.8) is 0 Å². The first kappa shape index (κ1) is 18.3. The lowest BCUT2D eigenvalue weighted by Gasteiger charge is -2.35. The minimum Gasteiger partial charge on any atom is -0.376 e. The van der Waals surface area contributed by atoms with Gasteiger partial charge >= 0.3 is 6.18 Å². The maximum atomic E-state index is 14.0. The van der Waals surface area contributed by atoms with Crippen molar-refractivity contribution in [2.75, 3.05) is 6.54 Å². The van der Waals surface area contributed by atoms with Gasteiger partial charge in [0, 0.05) is 12.6 Å². The third kappa shape index (κ3) is 3.16. The summed E-state index contributed by atoms with van der Waals surface area (Å²) in [7, 11) is 0. The number of fused-ring (bicyclic) bond motifs is 1. The fourth-order valence-corrected chi connectivity index (χ4v) is 3.02. The molecule has 1 aromatic carbocycles. The van der Waals surface area contributed by atoms with Crippen LogP contribution in [0.15, 0.2) is 24.4 Å². The second kappa shape index (κ2) is 6.35. The number of imidazole rings is 1. The summed E-state index contributed by atoms with van der Waals surface area (Å²) < 4.78 is 66.4. The summed E-state index contributed by atoms with van der Waals surface area (Å²) in [4.78, 5) is 16.8. The molecule has 1 N–H and O–H groups in total. The molecule has 3 rings (SSSR count). The summed E-state index contributed by atoms with van der Waals surface area (Å²) in [5.74, 6) is -2.83. The Kier molecular flexibility index (Phi) is 4.47. The highest BCUT2D eigenvalue weighted by Gasteiger charge is 2.46. The van der Waals surface area contributed by atoms with Gasteiger partial charge in [0.05, 0.1) is 30.0 Å². The fourth-order valence-electron chi connectivity index (χ4n) is 3.02. The van der Waals surface area contributed by atoms with Crippen LogP contribution < -0.4 is 0 Å². The van der Waals surface area contributed by atoms with Gasteiger partial charge in [-0.25, -0.2) is 13.8 Å². The third-order valence-corrected chi connectivity index (χ3v) is 4.18. The van der Waals surface area contributed by atoms with Gasteiger partial charge in [-0.1, -0.05) is 0 Å². The Morgan fingerprint density at radius 3 is 2.65 bits per heavy atom. The smallest absolute Gasteiger partial charge is 0.376 e. The number of aliphatic hydroxyl groups is 1. The molecule has 0 fully saturated rings. The van der Waals surface area contributed by atoms with Crippen molar-refractivity contribution < 1.29 is 31.9 Å². The first-order chi connectivity index (χ1) is 12.1. The van der Waals surface area contributed by atoms with E-state index in [0.29, 0.717) is 11.8 Å². The van der Waals surface area contributed by atoms with Gasteiger partial charge in [0.1, 0.15) is 17.5 Å². The Balaban J connectivity index is 1.92. The molecule has 0 radical (unpaired) electrons. The Morgan fingerprint density at radius 1 is 1.35 bits per heavy atom. The van der Waals surface area contributed by atoms with Gasteiger partial charge in [0.15, 0.2) is 0 Å². The van der Waals surface area contributed by atoms with Crippen molar-refractivity contribution >= 4 is 5.91 Å². The van der Waals surface area contributed by atoms with E-state index in [1.165, 1.54) is 12.3 Å². The van der Waals surface area contributed by atoms with E-state index in [1.54, 1.807) is 11.5 Å². The zero-order valence-electron chi connectivity index (χ0n) is 13.5. The average molecular weight is 375 g/mol. The van der Waals surface area contributed by atoms with Crippen LogP contribution in [0.5, 0.6) is 0 Å². The van der Waals surface area contributed by atoms with Crippen LogP contribution in [0, 0.1) is 11.6 Å². The Hall–Kier alpha value is -2.49. The molecule has 2 unspecified atom stereocenters. The monoisotopic (exact) mass is 375 g/mol. The van der Waals surface area contributed by atoms with Crippen molar-refractivity contribution in [1.29, 1.82) is 0 Å². The molecule has 2 atom stereocenters. The van der Waals surface area contributed by atoms with Crippen LogP contribution >= 0.6 is 0 Å². The first-order valence-electron chi connectivity index (χ1n) is 7.64. The van der Waals surface area contributed by atoms with Gasteiger partial charge in [-0.3, -0.25) is 4.79 Å². The Bertz CT molecular complexity index is 849. The van der Waals surface area contributed by atoms with Crippen molar-refractivity contribution in [2.45, 2.75) is 31.8 Å². The molecule has 140 valence electrons. The van der Waals surface area contributed by atoms with Crippen LogP contribution in [0.25, 0.3) is 11.4 Å². The highest BCUT2D eigenvalue weighted by atomic mass is 19.4. The average Bonchev–Trinajstić information content (AvgIpc) is 2.97. The van der Waals surface area contributed by atoms with E-state index >= 15 is 0 Å². The lowest BCUT2D eigenvalue weighted by Crippen LogP contribution is -2.49. The van der Waals surface area contributed by atoms with Crippen LogP contribution in [0.3, 0.4) is 0 Å². The molecule has 0 spiro atoms. The number of nitrogens with zero attached hydrogens (tertiary/aromatic N) is 3. The molecule has 1 amide bonds. The van der Waals surface area contributed by atoms with Crippen LogP contribution in [-0.4, -0.2) is 44.3 Å². The Morgan fingerprint density at radius 2 is 2.04 bits per heavy atom. The highest BCUT2D eigenvalue weighted by Crippen LogP contribution is 2.31. The molecule has 2 heterocycles. The summed E-state index contributed by atoms with van der Waals surface area (Å²) in [6, 6.07) is 2.48. The van der Waals surface area contributed by atoms with Crippen molar-refractivity contribution in [1.82, 2.24) is 14.5 Å². The minimum atomic E-state index is -5.06. The molecule has 0 saturated carbocycles. The van der Waals surface area contributed by atoms with Gasteiger partial charge in [0.25, 0.3) is 5.91 Å².